The summed E-state index contributed by atoms with van der Waals surface area (Å²) in [5.41, 5.74) is 2.05. The van der Waals surface area contributed by atoms with E-state index in [0.29, 0.717) is 17.3 Å². The molecule has 0 aliphatic carbocycles. The molecule has 2 aromatic carbocycles. The molecule has 2 N–H and O–H groups in total. The molecule has 0 bridgehead atoms. The van der Waals surface area contributed by atoms with Gasteiger partial charge in [-0.1, -0.05) is 24.3 Å². The third-order valence-electron chi connectivity index (χ3n) is 3.61. The molecule has 0 spiro atoms. The van der Waals surface area contributed by atoms with E-state index in [0.717, 1.165) is 17.0 Å². The Balaban J connectivity index is 1.90. The van der Waals surface area contributed by atoms with E-state index in [9.17, 15) is 4.79 Å². The van der Waals surface area contributed by atoms with E-state index in [4.69, 9.17) is 21.7 Å². The van der Waals surface area contributed by atoms with Gasteiger partial charge in [0.15, 0.2) is 5.11 Å². The van der Waals surface area contributed by atoms with Crippen LogP contribution in [0.1, 0.15) is 22.8 Å². The summed E-state index contributed by atoms with van der Waals surface area (Å²) in [7, 11) is 1.36. The fourth-order valence-corrected chi connectivity index (χ4v) is 2.58. The molecule has 2 rings (SSSR count). The number of hydrogen-bond donors (Lipinski definition) is 2. The first-order valence-electron chi connectivity index (χ1n) is 7.94. The van der Waals surface area contributed by atoms with Gasteiger partial charge in [0.05, 0.1) is 18.7 Å². The Morgan fingerprint density at radius 2 is 1.88 bits per heavy atom. The van der Waals surface area contributed by atoms with Crippen molar-refractivity contribution < 1.29 is 14.3 Å². The second-order valence-electron chi connectivity index (χ2n) is 5.59. The summed E-state index contributed by atoms with van der Waals surface area (Å²) in [6.07, 6.45) is 0. The zero-order valence-corrected chi connectivity index (χ0v) is 15.4. The van der Waals surface area contributed by atoms with Crippen molar-refractivity contribution in [2.24, 2.45) is 0 Å². The van der Waals surface area contributed by atoms with Gasteiger partial charge in [-0.05, 0) is 55.9 Å². The van der Waals surface area contributed by atoms with Crippen molar-refractivity contribution in [3.8, 4) is 5.75 Å². The van der Waals surface area contributed by atoms with Gasteiger partial charge in [0.25, 0.3) is 0 Å². The Morgan fingerprint density at radius 3 is 2.56 bits per heavy atom. The first-order valence-corrected chi connectivity index (χ1v) is 8.35. The predicted molar refractivity (Wildman–Crippen MR) is 103 cm³/mol. The minimum atomic E-state index is -0.371. The average molecular weight is 358 g/mol. The topological polar surface area (TPSA) is 59.6 Å². The Kier molecular flexibility index (Phi) is 6.77. The number of esters is 1. The molecule has 1 atom stereocenters. The number of methoxy groups -OCH3 is 1. The SMILES string of the molecule is COC(=O)c1cccc(NC(=S)NC(C)COc2ccccc2)c1C. The van der Waals surface area contributed by atoms with Gasteiger partial charge < -0.3 is 20.1 Å². The maximum absolute atomic E-state index is 11.8. The van der Waals surface area contributed by atoms with Crippen LogP contribution in [0.4, 0.5) is 5.69 Å². The first kappa shape index (κ1) is 18.7. The summed E-state index contributed by atoms with van der Waals surface area (Å²) in [4.78, 5) is 11.8. The van der Waals surface area contributed by atoms with Gasteiger partial charge in [-0.25, -0.2) is 4.79 Å². The Hall–Kier alpha value is -2.60. The van der Waals surface area contributed by atoms with Gasteiger partial charge in [0, 0.05) is 5.69 Å². The maximum Gasteiger partial charge on any atom is 0.338 e. The molecule has 0 aromatic heterocycles. The van der Waals surface area contributed by atoms with Crippen LogP contribution in [0.5, 0.6) is 5.75 Å². The molecule has 2 aromatic rings. The van der Waals surface area contributed by atoms with Crippen molar-refractivity contribution in [1.82, 2.24) is 5.32 Å². The van der Waals surface area contributed by atoms with Crippen molar-refractivity contribution in [2.75, 3.05) is 19.0 Å². The lowest BCUT2D eigenvalue weighted by Gasteiger charge is -2.19. The number of benzene rings is 2. The highest BCUT2D eigenvalue weighted by Crippen LogP contribution is 2.19. The highest BCUT2D eigenvalue weighted by Gasteiger charge is 2.13. The quantitative estimate of drug-likeness (QED) is 0.608. The molecule has 1 unspecified atom stereocenters. The minimum absolute atomic E-state index is 0.0179. The van der Waals surface area contributed by atoms with E-state index in [-0.39, 0.29) is 12.0 Å². The van der Waals surface area contributed by atoms with E-state index in [1.165, 1.54) is 7.11 Å². The summed E-state index contributed by atoms with van der Waals surface area (Å²) in [6.45, 7) is 4.31. The fourth-order valence-electron chi connectivity index (χ4n) is 2.26. The number of anilines is 1. The number of rotatable bonds is 6. The molecule has 0 radical (unpaired) electrons. The predicted octanol–water partition coefficient (Wildman–Crippen LogP) is 3.54. The van der Waals surface area contributed by atoms with E-state index in [2.05, 4.69) is 10.6 Å². The summed E-state index contributed by atoms with van der Waals surface area (Å²) in [6, 6.07) is 15.0. The van der Waals surface area contributed by atoms with Crippen LogP contribution in [0.2, 0.25) is 0 Å². The Labute approximate surface area is 153 Å². The number of hydrogen-bond acceptors (Lipinski definition) is 4. The first-order chi connectivity index (χ1) is 12.0. The normalized spacial score (nSPS) is 11.3. The lowest BCUT2D eigenvalue weighted by Crippen LogP contribution is -2.39. The molecule has 6 heteroatoms. The van der Waals surface area contributed by atoms with Crippen LogP contribution in [-0.4, -0.2) is 30.8 Å². The van der Waals surface area contributed by atoms with Crippen LogP contribution < -0.4 is 15.4 Å². The van der Waals surface area contributed by atoms with Gasteiger partial charge in [-0.3, -0.25) is 0 Å². The molecule has 0 fully saturated rings. The van der Waals surface area contributed by atoms with Gasteiger partial charge >= 0.3 is 5.97 Å². The van der Waals surface area contributed by atoms with Gasteiger partial charge in [-0.15, -0.1) is 0 Å². The largest absolute Gasteiger partial charge is 0.491 e. The van der Waals surface area contributed by atoms with Gasteiger partial charge in [0.1, 0.15) is 12.4 Å². The van der Waals surface area contributed by atoms with Crippen LogP contribution in [0, 0.1) is 6.92 Å². The molecular weight excluding hydrogens is 336 g/mol. The van der Waals surface area contributed by atoms with E-state index < -0.39 is 0 Å². The minimum Gasteiger partial charge on any atom is -0.491 e. The molecule has 0 saturated heterocycles. The number of carbonyl (C=O) groups excluding carboxylic acids is 1. The zero-order valence-electron chi connectivity index (χ0n) is 14.5. The van der Waals surface area contributed by atoms with Crippen molar-refractivity contribution >= 4 is 29.0 Å². The number of nitrogens with one attached hydrogen (secondary N) is 2. The van der Waals surface area contributed by atoms with E-state index in [1.807, 2.05) is 50.2 Å². The summed E-state index contributed by atoms with van der Waals surface area (Å²) in [5, 5.41) is 6.75. The average Bonchev–Trinajstić information content (AvgIpc) is 2.62. The second-order valence-corrected chi connectivity index (χ2v) is 6.00. The number of carbonyl (C=O) groups is 1. The summed E-state index contributed by atoms with van der Waals surface area (Å²) < 4.78 is 10.5. The number of ether oxygens (including phenoxy) is 2. The van der Waals surface area contributed by atoms with Crippen molar-refractivity contribution in [1.29, 1.82) is 0 Å². The van der Waals surface area contributed by atoms with Crippen LogP contribution in [0.25, 0.3) is 0 Å². The monoisotopic (exact) mass is 358 g/mol. The zero-order chi connectivity index (χ0) is 18.2. The van der Waals surface area contributed by atoms with Crippen LogP contribution in [-0.2, 0) is 4.74 Å². The van der Waals surface area contributed by atoms with Crippen LogP contribution in [0.3, 0.4) is 0 Å². The van der Waals surface area contributed by atoms with Crippen molar-refractivity contribution in [3.63, 3.8) is 0 Å². The highest BCUT2D eigenvalue weighted by atomic mass is 32.1. The second kappa shape index (κ2) is 9.03. The smallest absolute Gasteiger partial charge is 0.338 e. The van der Waals surface area contributed by atoms with Crippen molar-refractivity contribution in [3.05, 3.63) is 59.7 Å². The summed E-state index contributed by atoms with van der Waals surface area (Å²) >= 11 is 5.35. The summed E-state index contributed by atoms with van der Waals surface area (Å²) in [5.74, 6) is 0.446. The van der Waals surface area contributed by atoms with Crippen LogP contribution >= 0.6 is 12.2 Å². The fraction of sp³-hybridized carbons (Fsp3) is 0.263. The van der Waals surface area contributed by atoms with Gasteiger partial charge in [-0.2, -0.15) is 0 Å². The molecule has 0 aliphatic heterocycles. The molecule has 0 aliphatic rings. The lowest BCUT2D eigenvalue weighted by molar-refractivity contribution is 0.0600. The van der Waals surface area contributed by atoms with Gasteiger partial charge in [0.2, 0.25) is 0 Å². The van der Waals surface area contributed by atoms with E-state index in [1.54, 1.807) is 12.1 Å². The third-order valence-corrected chi connectivity index (χ3v) is 3.83. The standard InChI is InChI=1S/C19H22N2O3S/c1-13(12-24-15-8-5-4-6-9-15)20-19(25)21-17-11-7-10-16(14(17)2)18(22)23-3/h4-11,13H,12H2,1-3H3,(H2,20,21,25). The van der Waals surface area contributed by atoms with Crippen LogP contribution in [0.15, 0.2) is 48.5 Å². The molecule has 0 saturated carbocycles. The molecule has 132 valence electrons. The van der Waals surface area contributed by atoms with E-state index >= 15 is 0 Å². The number of thiocarbonyl (C=S) groups is 1. The third kappa shape index (κ3) is 5.46. The molecule has 0 amide bonds. The molecule has 5 nitrogen and oxygen atoms in total. The highest BCUT2D eigenvalue weighted by molar-refractivity contribution is 7.80. The Morgan fingerprint density at radius 1 is 1.16 bits per heavy atom. The molecule has 25 heavy (non-hydrogen) atoms. The molecule has 0 heterocycles. The maximum atomic E-state index is 11.8. The Bertz CT molecular complexity index is 735. The molecular formula is C19H22N2O3S. The van der Waals surface area contributed by atoms with Crippen molar-refractivity contribution in [2.45, 2.75) is 19.9 Å². The number of para-hydroxylation sites is 1. The lowest BCUT2D eigenvalue weighted by atomic mass is 10.1.